The van der Waals surface area contributed by atoms with Crippen molar-refractivity contribution < 1.29 is 19.1 Å². The quantitative estimate of drug-likeness (QED) is 0.0826. The fourth-order valence-electron chi connectivity index (χ4n) is 4.69. The summed E-state index contributed by atoms with van der Waals surface area (Å²) in [5.41, 5.74) is 1.96. The average molecular weight is 569 g/mol. The van der Waals surface area contributed by atoms with Gasteiger partial charge >= 0.3 is 5.91 Å². The number of aromatic nitrogens is 3. The number of amides is 1. The lowest BCUT2D eigenvalue weighted by Crippen LogP contribution is -2.29. The predicted molar refractivity (Wildman–Crippen MR) is 154 cm³/mol. The van der Waals surface area contributed by atoms with E-state index in [4.69, 9.17) is 0 Å². The highest BCUT2D eigenvalue weighted by atomic mass is 32.2. The number of benzene rings is 3. The Bertz CT molecular complexity index is 1800. The summed E-state index contributed by atoms with van der Waals surface area (Å²) in [7, 11) is 0. The molecule has 3 heterocycles. The lowest BCUT2D eigenvalue weighted by Gasteiger charge is -2.22. The summed E-state index contributed by atoms with van der Waals surface area (Å²) in [6.07, 6.45) is 3.09. The normalized spacial score (nSPS) is 16.6. The first-order chi connectivity index (χ1) is 19.4. The first-order valence-corrected chi connectivity index (χ1v) is 14.1. The van der Waals surface area contributed by atoms with Gasteiger partial charge in [0.25, 0.3) is 5.78 Å². The van der Waals surface area contributed by atoms with Crippen LogP contribution in [0.4, 0.5) is 9.52 Å². The van der Waals surface area contributed by atoms with E-state index in [-0.39, 0.29) is 16.3 Å². The van der Waals surface area contributed by atoms with Crippen LogP contribution < -0.4 is 4.90 Å². The molecule has 10 heteroatoms. The zero-order chi connectivity index (χ0) is 27.8. The lowest BCUT2D eigenvalue weighted by molar-refractivity contribution is -0.132. The van der Waals surface area contributed by atoms with Gasteiger partial charge in [-0.15, -0.1) is 10.2 Å². The van der Waals surface area contributed by atoms with Crippen LogP contribution in [0.1, 0.15) is 28.3 Å². The number of anilines is 1. The first-order valence-electron chi connectivity index (χ1n) is 12.3. The van der Waals surface area contributed by atoms with Crippen LogP contribution in [0.2, 0.25) is 0 Å². The second-order valence-electron chi connectivity index (χ2n) is 9.20. The summed E-state index contributed by atoms with van der Waals surface area (Å²) in [5.74, 6) is -2.12. The standard InChI is InChI=1S/C30H21FN4O3S2/c1-17-11-12-19(14-23(17)31)26(36)24-25(20-9-5-13-32-15-20)35(28(38)27(24)37)29-33-34-30(40-29)39-16-21-8-4-7-18-6-2-3-10-22(18)21/h2-15,25,36H,16H2,1H3/t25-/m0/s1. The maximum atomic E-state index is 14.3. The second kappa shape index (κ2) is 10.6. The van der Waals surface area contributed by atoms with Crippen LogP contribution in [0.15, 0.2) is 95.1 Å². The van der Waals surface area contributed by atoms with Crippen molar-refractivity contribution in [2.45, 2.75) is 23.1 Å². The molecule has 7 nitrogen and oxygen atoms in total. The molecule has 3 aromatic carbocycles. The highest BCUT2D eigenvalue weighted by Crippen LogP contribution is 2.44. The van der Waals surface area contributed by atoms with Crippen LogP contribution >= 0.6 is 23.1 Å². The molecule has 6 rings (SSSR count). The van der Waals surface area contributed by atoms with E-state index in [1.54, 1.807) is 25.3 Å². The monoisotopic (exact) mass is 568 g/mol. The largest absolute Gasteiger partial charge is 0.507 e. The molecule has 0 aliphatic carbocycles. The van der Waals surface area contributed by atoms with Gasteiger partial charge in [0.15, 0.2) is 4.34 Å². The molecule has 0 saturated carbocycles. The number of hydrogen-bond donors (Lipinski definition) is 1. The van der Waals surface area contributed by atoms with E-state index >= 15 is 0 Å². The topological polar surface area (TPSA) is 96.3 Å². The molecule has 0 bridgehead atoms. The van der Waals surface area contributed by atoms with Crippen molar-refractivity contribution in [2.24, 2.45) is 0 Å². The fourth-order valence-corrected chi connectivity index (χ4v) is 6.57. The van der Waals surface area contributed by atoms with Crippen molar-refractivity contribution in [3.8, 4) is 0 Å². The van der Waals surface area contributed by atoms with Crippen molar-refractivity contribution >= 4 is 56.5 Å². The number of fused-ring (bicyclic) bond motifs is 1. The van der Waals surface area contributed by atoms with Gasteiger partial charge in [0.05, 0.1) is 11.6 Å². The minimum atomic E-state index is -1.01. The van der Waals surface area contributed by atoms with Gasteiger partial charge in [-0.2, -0.15) is 0 Å². The maximum Gasteiger partial charge on any atom is 0.301 e. The minimum Gasteiger partial charge on any atom is -0.507 e. The molecule has 198 valence electrons. The van der Waals surface area contributed by atoms with Gasteiger partial charge in [-0.05, 0) is 46.5 Å². The number of thioether (sulfide) groups is 1. The number of carbonyl (C=O) groups excluding carboxylic acids is 2. The molecule has 0 unspecified atom stereocenters. The summed E-state index contributed by atoms with van der Waals surface area (Å²) in [5, 5.41) is 22.2. The smallest absolute Gasteiger partial charge is 0.301 e. The Balaban J connectivity index is 1.36. The predicted octanol–water partition coefficient (Wildman–Crippen LogP) is 6.45. The van der Waals surface area contributed by atoms with E-state index in [0.29, 0.717) is 21.2 Å². The van der Waals surface area contributed by atoms with E-state index < -0.39 is 29.3 Å². The van der Waals surface area contributed by atoms with Crippen molar-refractivity contribution in [1.82, 2.24) is 15.2 Å². The van der Waals surface area contributed by atoms with Crippen molar-refractivity contribution in [2.75, 3.05) is 4.90 Å². The SMILES string of the molecule is Cc1ccc(C(O)=C2C(=O)C(=O)N(c3nnc(SCc4cccc5ccccc45)s3)[C@H]2c2cccnc2)cc1F. The molecule has 0 radical (unpaired) electrons. The fraction of sp³-hybridized carbons (Fsp3) is 0.100. The molecule has 0 spiro atoms. The van der Waals surface area contributed by atoms with Gasteiger partial charge in [0.2, 0.25) is 5.13 Å². The zero-order valence-corrected chi connectivity index (χ0v) is 22.7. The molecular formula is C30H21FN4O3S2. The number of ketones is 1. The molecule has 1 N–H and O–H groups in total. The minimum absolute atomic E-state index is 0.0959. The van der Waals surface area contributed by atoms with E-state index in [1.165, 1.54) is 46.3 Å². The van der Waals surface area contributed by atoms with Crippen LogP contribution in [0.25, 0.3) is 16.5 Å². The summed E-state index contributed by atoms with van der Waals surface area (Å²) < 4.78 is 14.9. The third-order valence-electron chi connectivity index (χ3n) is 6.72. The Hall–Kier alpha value is -4.41. The number of Topliss-reactive ketones (excluding diaryl/α,β-unsaturated/α-hetero) is 1. The Morgan fingerprint density at radius 3 is 2.67 bits per heavy atom. The van der Waals surface area contributed by atoms with Crippen LogP contribution in [0.5, 0.6) is 0 Å². The number of pyridine rings is 1. The maximum absolute atomic E-state index is 14.3. The molecule has 1 aliphatic rings. The number of hydrogen-bond acceptors (Lipinski definition) is 8. The Morgan fingerprint density at radius 1 is 1.05 bits per heavy atom. The number of aliphatic hydroxyl groups excluding tert-OH is 1. The molecule has 1 aliphatic heterocycles. The summed E-state index contributed by atoms with van der Waals surface area (Å²) in [6.45, 7) is 1.60. The third kappa shape index (κ3) is 4.65. The highest BCUT2D eigenvalue weighted by Gasteiger charge is 2.48. The lowest BCUT2D eigenvalue weighted by atomic mass is 9.96. The molecular weight excluding hydrogens is 547 g/mol. The van der Waals surface area contributed by atoms with E-state index in [1.807, 2.05) is 18.2 Å². The second-order valence-corrected chi connectivity index (χ2v) is 11.4. The third-order valence-corrected chi connectivity index (χ3v) is 8.83. The van der Waals surface area contributed by atoms with Gasteiger partial charge < -0.3 is 5.11 Å². The average Bonchev–Trinajstić information content (AvgIpc) is 3.55. The number of nitrogens with zero attached hydrogens (tertiary/aromatic N) is 4. The molecule has 1 amide bonds. The van der Waals surface area contributed by atoms with Crippen LogP contribution in [-0.4, -0.2) is 32.0 Å². The summed E-state index contributed by atoms with van der Waals surface area (Å²) in [4.78, 5) is 32.0. The molecule has 1 saturated heterocycles. The van der Waals surface area contributed by atoms with Crippen LogP contribution in [-0.2, 0) is 15.3 Å². The van der Waals surface area contributed by atoms with Gasteiger partial charge in [-0.3, -0.25) is 19.5 Å². The highest BCUT2D eigenvalue weighted by molar-refractivity contribution is 8.00. The Morgan fingerprint density at radius 2 is 1.88 bits per heavy atom. The number of aliphatic hydroxyl groups is 1. The molecule has 1 atom stereocenters. The molecule has 2 aromatic heterocycles. The molecule has 40 heavy (non-hydrogen) atoms. The zero-order valence-electron chi connectivity index (χ0n) is 21.1. The summed E-state index contributed by atoms with van der Waals surface area (Å²) in [6, 6.07) is 20.8. The van der Waals surface area contributed by atoms with Gasteiger partial charge in [-0.1, -0.05) is 83.8 Å². The van der Waals surface area contributed by atoms with E-state index in [0.717, 1.165) is 22.4 Å². The number of rotatable bonds is 6. The molecule has 5 aromatic rings. The Kier molecular flexibility index (Phi) is 6.87. The van der Waals surface area contributed by atoms with Crippen LogP contribution in [0.3, 0.4) is 0 Å². The van der Waals surface area contributed by atoms with Gasteiger partial charge in [-0.25, -0.2) is 4.39 Å². The van der Waals surface area contributed by atoms with Crippen molar-refractivity contribution in [1.29, 1.82) is 0 Å². The number of halogens is 1. The van der Waals surface area contributed by atoms with E-state index in [9.17, 15) is 19.1 Å². The number of aryl methyl sites for hydroxylation is 1. The first kappa shape index (κ1) is 25.8. The van der Waals surface area contributed by atoms with Crippen molar-refractivity contribution in [3.63, 3.8) is 0 Å². The number of carbonyl (C=O) groups is 2. The van der Waals surface area contributed by atoms with Crippen molar-refractivity contribution in [3.05, 3.63) is 119 Å². The van der Waals surface area contributed by atoms with Crippen LogP contribution in [0, 0.1) is 12.7 Å². The van der Waals surface area contributed by atoms with Gasteiger partial charge in [0, 0.05) is 23.7 Å². The Labute approximate surface area is 237 Å². The van der Waals surface area contributed by atoms with Gasteiger partial charge in [0.1, 0.15) is 11.6 Å². The molecule has 1 fully saturated rings. The summed E-state index contributed by atoms with van der Waals surface area (Å²) >= 11 is 2.66. The van der Waals surface area contributed by atoms with E-state index in [2.05, 4.69) is 39.4 Å².